The van der Waals surface area contributed by atoms with E-state index in [2.05, 4.69) is 15.6 Å². The van der Waals surface area contributed by atoms with Crippen molar-refractivity contribution in [1.82, 2.24) is 10.3 Å². The zero-order valence-corrected chi connectivity index (χ0v) is 13.1. The lowest BCUT2D eigenvalue weighted by molar-refractivity contribution is -0.136. The number of hydrogen-bond donors (Lipinski definition) is 2. The molecule has 0 unspecified atom stereocenters. The molecule has 2 N–H and O–H groups in total. The van der Waals surface area contributed by atoms with Crippen molar-refractivity contribution in [2.45, 2.75) is 25.1 Å². The highest BCUT2D eigenvalue weighted by Crippen LogP contribution is 2.37. The summed E-state index contributed by atoms with van der Waals surface area (Å²) >= 11 is 5.65. The maximum Gasteiger partial charge on any atom is 0.418 e. The second-order valence-corrected chi connectivity index (χ2v) is 5.93. The van der Waals surface area contributed by atoms with E-state index in [1.807, 2.05) is 0 Å². The number of nitrogens with zero attached hydrogens (tertiary/aromatic N) is 1. The van der Waals surface area contributed by atoms with Crippen LogP contribution in [0.25, 0.3) is 0 Å². The van der Waals surface area contributed by atoms with Gasteiger partial charge in [0.25, 0.3) is 5.91 Å². The number of hydrogen-bond acceptors (Lipinski definition) is 3. The largest absolute Gasteiger partial charge is 0.418 e. The van der Waals surface area contributed by atoms with Crippen molar-refractivity contribution >= 4 is 29.0 Å². The Hall–Kier alpha value is -2.28. The van der Waals surface area contributed by atoms with Gasteiger partial charge in [-0.05, 0) is 43.2 Å². The molecule has 1 aliphatic carbocycles. The van der Waals surface area contributed by atoms with Gasteiger partial charge in [-0.1, -0.05) is 11.6 Å². The Bertz CT molecular complexity index is 775. The van der Waals surface area contributed by atoms with E-state index >= 15 is 0 Å². The van der Waals surface area contributed by atoms with E-state index in [9.17, 15) is 18.0 Å². The van der Waals surface area contributed by atoms with Gasteiger partial charge in [-0.15, -0.1) is 0 Å². The van der Waals surface area contributed by atoms with Crippen molar-refractivity contribution in [3.63, 3.8) is 0 Å². The summed E-state index contributed by atoms with van der Waals surface area (Å²) in [6.07, 6.45) is -1.30. The summed E-state index contributed by atoms with van der Waals surface area (Å²) in [5, 5.41) is 5.40. The van der Waals surface area contributed by atoms with Crippen LogP contribution in [0.15, 0.2) is 36.5 Å². The quantitative estimate of drug-likeness (QED) is 0.855. The van der Waals surface area contributed by atoms with Gasteiger partial charge in [0.1, 0.15) is 5.82 Å². The molecule has 4 nitrogen and oxygen atoms in total. The number of amides is 1. The Labute approximate surface area is 141 Å². The van der Waals surface area contributed by atoms with E-state index in [0.29, 0.717) is 5.56 Å². The van der Waals surface area contributed by atoms with Crippen molar-refractivity contribution in [2.24, 2.45) is 0 Å². The Kier molecular flexibility index (Phi) is 4.36. The molecule has 0 aliphatic heterocycles. The van der Waals surface area contributed by atoms with Gasteiger partial charge in [0.05, 0.1) is 11.3 Å². The Morgan fingerprint density at radius 3 is 2.62 bits per heavy atom. The third kappa shape index (κ3) is 3.97. The predicted molar refractivity (Wildman–Crippen MR) is 84.5 cm³/mol. The molecule has 24 heavy (non-hydrogen) atoms. The first-order chi connectivity index (χ1) is 11.3. The van der Waals surface area contributed by atoms with Crippen LogP contribution in [0, 0.1) is 0 Å². The lowest BCUT2D eigenvalue weighted by Crippen LogP contribution is -2.25. The van der Waals surface area contributed by atoms with Gasteiger partial charge in [0.2, 0.25) is 0 Å². The summed E-state index contributed by atoms with van der Waals surface area (Å²) in [5.74, 6) is -0.124. The van der Waals surface area contributed by atoms with Crippen molar-refractivity contribution in [3.05, 3.63) is 52.7 Å². The van der Waals surface area contributed by atoms with E-state index in [1.165, 1.54) is 30.5 Å². The van der Waals surface area contributed by atoms with Crippen molar-refractivity contribution in [2.75, 3.05) is 5.32 Å². The van der Waals surface area contributed by atoms with E-state index < -0.39 is 11.7 Å². The average Bonchev–Trinajstić information content (AvgIpc) is 3.32. The van der Waals surface area contributed by atoms with Crippen molar-refractivity contribution < 1.29 is 18.0 Å². The van der Waals surface area contributed by atoms with Crippen LogP contribution in [0.5, 0.6) is 0 Å². The summed E-state index contributed by atoms with van der Waals surface area (Å²) in [5.41, 5.74) is -0.745. The summed E-state index contributed by atoms with van der Waals surface area (Å²) in [4.78, 5) is 16.0. The molecule has 2 aromatic rings. The van der Waals surface area contributed by atoms with E-state index in [0.717, 1.165) is 18.9 Å². The summed E-state index contributed by atoms with van der Waals surface area (Å²) < 4.78 is 39.3. The molecule has 1 aromatic heterocycles. The fraction of sp³-hybridized carbons (Fsp3) is 0.250. The van der Waals surface area contributed by atoms with Gasteiger partial charge >= 0.3 is 6.18 Å². The van der Waals surface area contributed by atoms with Crippen LogP contribution in [-0.4, -0.2) is 16.9 Å². The van der Waals surface area contributed by atoms with E-state index in [4.69, 9.17) is 11.6 Å². The normalized spacial score (nSPS) is 14.3. The number of anilines is 2. The Morgan fingerprint density at radius 1 is 1.21 bits per heavy atom. The van der Waals surface area contributed by atoms with E-state index in [1.54, 1.807) is 0 Å². The zero-order valence-electron chi connectivity index (χ0n) is 12.3. The minimum atomic E-state index is -4.56. The number of carbonyl (C=O) groups excluding carboxylic acids is 1. The number of carbonyl (C=O) groups is 1. The fourth-order valence-electron chi connectivity index (χ4n) is 2.13. The van der Waals surface area contributed by atoms with Crippen LogP contribution < -0.4 is 10.6 Å². The molecule has 8 heteroatoms. The second-order valence-electron chi connectivity index (χ2n) is 5.49. The molecule has 1 aliphatic rings. The monoisotopic (exact) mass is 355 g/mol. The molecule has 1 fully saturated rings. The number of aromatic nitrogens is 1. The fourth-order valence-corrected chi connectivity index (χ4v) is 2.31. The first kappa shape index (κ1) is 16.6. The maximum atomic E-state index is 13.1. The summed E-state index contributed by atoms with van der Waals surface area (Å²) in [6, 6.07) is 6.53. The smallest absolute Gasteiger partial charge is 0.349 e. The molecule has 0 saturated heterocycles. The molecule has 1 amide bonds. The van der Waals surface area contributed by atoms with Crippen LogP contribution in [0.4, 0.5) is 24.7 Å². The summed E-state index contributed by atoms with van der Waals surface area (Å²) in [6.45, 7) is 0. The van der Waals surface area contributed by atoms with Crippen molar-refractivity contribution in [3.8, 4) is 0 Å². The molecular formula is C16H13ClF3N3O. The first-order valence-electron chi connectivity index (χ1n) is 7.23. The van der Waals surface area contributed by atoms with Crippen LogP contribution in [0.2, 0.25) is 5.02 Å². The van der Waals surface area contributed by atoms with Gasteiger partial charge in [-0.3, -0.25) is 4.79 Å². The lowest BCUT2D eigenvalue weighted by atomic mass is 10.1. The minimum Gasteiger partial charge on any atom is -0.349 e. The first-order valence-corrected chi connectivity index (χ1v) is 7.61. The highest BCUT2D eigenvalue weighted by atomic mass is 35.5. The molecule has 0 atom stereocenters. The van der Waals surface area contributed by atoms with Crippen LogP contribution >= 0.6 is 11.6 Å². The average molecular weight is 356 g/mol. The van der Waals surface area contributed by atoms with Gasteiger partial charge in [0.15, 0.2) is 0 Å². The van der Waals surface area contributed by atoms with Gasteiger partial charge < -0.3 is 10.6 Å². The number of nitrogens with one attached hydrogen (secondary N) is 2. The highest BCUT2D eigenvalue weighted by Gasteiger charge is 2.34. The predicted octanol–water partition coefficient (Wildman–Crippen LogP) is 4.39. The molecule has 1 heterocycles. The van der Waals surface area contributed by atoms with Crippen LogP contribution in [0.3, 0.4) is 0 Å². The van der Waals surface area contributed by atoms with E-state index in [-0.39, 0.29) is 28.5 Å². The maximum absolute atomic E-state index is 13.1. The molecule has 126 valence electrons. The molecule has 0 bridgehead atoms. The lowest BCUT2D eigenvalue weighted by Gasteiger charge is -2.15. The van der Waals surface area contributed by atoms with Gasteiger partial charge in [-0.25, -0.2) is 4.98 Å². The molecular weight excluding hydrogens is 343 g/mol. The SMILES string of the molecule is O=C(NC1CC1)c1ccnc(Nc2ccc(Cl)cc2C(F)(F)F)c1. The van der Waals surface area contributed by atoms with Gasteiger partial charge in [0, 0.05) is 22.8 Å². The van der Waals surface area contributed by atoms with Gasteiger partial charge in [-0.2, -0.15) is 13.2 Å². The zero-order chi connectivity index (χ0) is 17.3. The molecule has 0 spiro atoms. The third-order valence-corrected chi connectivity index (χ3v) is 3.72. The third-order valence-electron chi connectivity index (χ3n) is 3.48. The molecule has 1 saturated carbocycles. The summed E-state index contributed by atoms with van der Waals surface area (Å²) in [7, 11) is 0. The second kappa shape index (κ2) is 6.32. The van der Waals surface area contributed by atoms with Crippen molar-refractivity contribution in [1.29, 1.82) is 0 Å². The number of rotatable bonds is 4. The number of benzene rings is 1. The number of halogens is 4. The standard InChI is InChI=1S/C16H13ClF3N3O/c17-10-1-4-13(12(8-10)16(18,19)20)23-14-7-9(5-6-21-14)15(24)22-11-2-3-11/h1,4-8,11H,2-3H2,(H,21,23)(H,22,24). The van der Waals surface area contributed by atoms with Crippen LogP contribution in [0.1, 0.15) is 28.8 Å². The molecule has 3 rings (SSSR count). The van der Waals surface area contributed by atoms with Crippen LogP contribution in [-0.2, 0) is 6.18 Å². The Morgan fingerprint density at radius 2 is 1.96 bits per heavy atom. The highest BCUT2D eigenvalue weighted by molar-refractivity contribution is 6.30. The molecule has 0 radical (unpaired) electrons. The Balaban J connectivity index is 1.85. The number of pyridine rings is 1. The minimum absolute atomic E-state index is 0.0154. The molecule has 1 aromatic carbocycles. The topological polar surface area (TPSA) is 54.0 Å². The number of alkyl halides is 3.